The molecule has 0 fully saturated rings. The molecule has 0 aliphatic heterocycles. The molecule has 0 spiro atoms. The minimum absolute atomic E-state index is 0.552. The van der Waals surface area contributed by atoms with E-state index in [9.17, 15) is 5.11 Å². The van der Waals surface area contributed by atoms with Crippen molar-refractivity contribution >= 4 is 0 Å². The molecule has 0 saturated carbocycles. The number of aliphatic hydroxyl groups is 1. The Morgan fingerprint density at radius 2 is 2.16 bits per heavy atom. The van der Waals surface area contributed by atoms with Gasteiger partial charge in [0.2, 0.25) is 0 Å². The Hall–Kier alpha value is -1.94. The molecule has 0 saturated heterocycles. The Balaban J connectivity index is 2.36. The lowest BCUT2D eigenvalue weighted by molar-refractivity contribution is 0.197. The molecule has 4 nitrogen and oxygen atoms in total. The fourth-order valence-electron chi connectivity index (χ4n) is 1.92. The average Bonchev–Trinajstić information content (AvgIpc) is 2.39. The van der Waals surface area contributed by atoms with Gasteiger partial charge in [-0.05, 0) is 32.9 Å². The van der Waals surface area contributed by atoms with Crippen LogP contribution in [0.4, 0.5) is 0 Å². The van der Waals surface area contributed by atoms with Crippen LogP contribution >= 0.6 is 0 Å². The van der Waals surface area contributed by atoms with Crippen LogP contribution in [0.2, 0.25) is 0 Å². The molecule has 1 N–H and O–H groups in total. The van der Waals surface area contributed by atoms with Crippen LogP contribution in [0.3, 0.4) is 0 Å². The maximum absolute atomic E-state index is 9.58. The number of aliphatic hydroxyl groups excluding tert-OH is 1. The van der Waals surface area contributed by atoms with E-state index in [1.165, 1.54) is 0 Å². The number of hydrogen-bond donors (Lipinski definition) is 1. The SMILES string of the molecule is CCOc1cccc(-c2ncc(C(C)O)c(C)n2)c1. The number of ether oxygens (including phenoxy) is 1. The van der Waals surface area contributed by atoms with E-state index in [1.54, 1.807) is 13.1 Å². The third kappa shape index (κ3) is 3.09. The average molecular weight is 258 g/mol. The Morgan fingerprint density at radius 1 is 1.37 bits per heavy atom. The van der Waals surface area contributed by atoms with Gasteiger partial charge in [0.25, 0.3) is 0 Å². The molecule has 1 aromatic heterocycles. The van der Waals surface area contributed by atoms with Crippen molar-refractivity contribution in [3.8, 4) is 17.1 Å². The Bertz CT molecular complexity index is 568. The van der Waals surface area contributed by atoms with Gasteiger partial charge in [-0.15, -0.1) is 0 Å². The molecule has 0 radical (unpaired) electrons. The van der Waals surface area contributed by atoms with Gasteiger partial charge in [0.1, 0.15) is 5.75 Å². The molecule has 1 atom stereocenters. The van der Waals surface area contributed by atoms with Gasteiger partial charge < -0.3 is 9.84 Å². The van der Waals surface area contributed by atoms with E-state index >= 15 is 0 Å². The molecule has 19 heavy (non-hydrogen) atoms. The summed E-state index contributed by atoms with van der Waals surface area (Å²) in [5.74, 6) is 1.45. The first kappa shape index (κ1) is 13.5. The van der Waals surface area contributed by atoms with Gasteiger partial charge in [0.15, 0.2) is 5.82 Å². The molecular weight excluding hydrogens is 240 g/mol. The van der Waals surface area contributed by atoms with E-state index in [0.717, 1.165) is 22.6 Å². The maximum Gasteiger partial charge on any atom is 0.159 e. The number of aromatic nitrogens is 2. The predicted molar refractivity (Wildman–Crippen MR) is 74.0 cm³/mol. The maximum atomic E-state index is 9.58. The van der Waals surface area contributed by atoms with Crippen molar-refractivity contribution < 1.29 is 9.84 Å². The standard InChI is InChI=1S/C15H18N2O2/c1-4-19-13-7-5-6-12(8-13)15-16-9-14(11(3)18)10(2)17-15/h5-9,11,18H,4H2,1-3H3. The highest BCUT2D eigenvalue weighted by Crippen LogP contribution is 2.23. The number of nitrogens with zero attached hydrogens (tertiary/aromatic N) is 2. The van der Waals surface area contributed by atoms with Crippen LogP contribution in [0.1, 0.15) is 31.2 Å². The van der Waals surface area contributed by atoms with Crippen LogP contribution < -0.4 is 4.74 Å². The molecule has 0 aliphatic carbocycles. The van der Waals surface area contributed by atoms with Crippen molar-refractivity contribution in [2.24, 2.45) is 0 Å². The molecule has 2 rings (SSSR count). The van der Waals surface area contributed by atoms with Crippen LogP contribution in [0.15, 0.2) is 30.5 Å². The fourth-order valence-corrected chi connectivity index (χ4v) is 1.92. The smallest absolute Gasteiger partial charge is 0.159 e. The summed E-state index contributed by atoms with van der Waals surface area (Å²) in [4.78, 5) is 8.74. The summed E-state index contributed by atoms with van der Waals surface area (Å²) < 4.78 is 5.46. The molecule has 1 aromatic carbocycles. The first-order chi connectivity index (χ1) is 9.11. The van der Waals surface area contributed by atoms with E-state index in [2.05, 4.69) is 9.97 Å². The quantitative estimate of drug-likeness (QED) is 0.916. The summed E-state index contributed by atoms with van der Waals surface area (Å²) in [6.45, 7) is 6.16. The van der Waals surface area contributed by atoms with E-state index in [1.807, 2.05) is 38.1 Å². The topological polar surface area (TPSA) is 55.2 Å². The van der Waals surface area contributed by atoms with Gasteiger partial charge in [0.05, 0.1) is 12.7 Å². The van der Waals surface area contributed by atoms with Crippen LogP contribution in [-0.4, -0.2) is 21.7 Å². The van der Waals surface area contributed by atoms with Crippen molar-refractivity contribution in [1.82, 2.24) is 9.97 Å². The normalized spacial score (nSPS) is 12.2. The Labute approximate surface area is 113 Å². The summed E-state index contributed by atoms with van der Waals surface area (Å²) in [7, 11) is 0. The van der Waals surface area contributed by atoms with Crippen molar-refractivity contribution in [3.05, 3.63) is 41.7 Å². The second-order valence-corrected chi connectivity index (χ2v) is 4.37. The molecule has 0 amide bonds. The summed E-state index contributed by atoms with van der Waals surface area (Å²) in [6, 6.07) is 7.69. The predicted octanol–water partition coefficient (Wildman–Crippen LogP) is 2.90. The molecular formula is C15H18N2O2. The zero-order chi connectivity index (χ0) is 13.8. The third-order valence-corrected chi connectivity index (χ3v) is 2.87. The second-order valence-electron chi connectivity index (χ2n) is 4.37. The van der Waals surface area contributed by atoms with Crippen LogP contribution in [0.25, 0.3) is 11.4 Å². The number of hydrogen-bond acceptors (Lipinski definition) is 4. The van der Waals surface area contributed by atoms with E-state index in [-0.39, 0.29) is 0 Å². The summed E-state index contributed by atoms with van der Waals surface area (Å²) in [6.07, 6.45) is 1.12. The summed E-state index contributed by atoms with van der Waals surface area (Å²) in [5, 5.41) is 9.58. The van der Waals surface area contributed by atoms with E-state index in [4.69, 9.17) is 4.74 Å². The molecule has 0 bridgehead atoms. The lowest BCUT2D eigenvalue weighted by Crippen LogP contribution is -2.01. The van der Waals surface area contributed by atoms with Crippen LogP contribution in [0, 0.1) is 6.92 Å². The van der Waals surface area contributed by atoms with Gasteiger partial charge in [-0.3, -0.25) is 0 Å². The van der Waals surface area contributed by atoms with Crippen LogP contribution in [0.5, 0.6) is 5.75 Å². The first-order valence-corrected chi connectivity index (χ1v) is 6.36. The number of rotatable bonds is 4. The van der Waals surface area contributed by atoms with E-state index in [0.29, 0.717) is 12.4 Å². The van der Waals surface area contributed by atoms with Gasteiger partial charge in [-0.1, -0.05) is 12.1 Å². The molecule has 0 aliphatic rings. The monoisotopic (exact) mass is 258 g/mol. The number of benzene rings is 1. The molecule has 1 unspecified atom stereocenters. The van der Waals surface area contributed by atoms with E-state index < -0.39 is 6.10 Å². The van der Waals surface area contributed by atoms with Crippen molar-refractivity contribution in [2.75, 3.05) is 6.61 Å². The Morgan fingerprint density at radius 3 is 2.79 bits per heavy atom. The lowest BCUT2D eigenvalue weighted by Gasteiger charge is -2.10. The third-order valence-electron chi connectivity index (χ3n) is 2.87. The molecule has 100 valence electrons. The highest BCUT2D eigenvalue weighted by atomic mass is 16.5. The minimum Gasteiger partial charge on any atom is -0.494 e. The molecule has 2 aromatic rings. The van der Waals surface area contributed by atoms with Gasteiger partial charge in [0, 0.05) is 23.0 Å². The molecule has 4 heteroatoms. The lowest BCUT2D eigenvalue weighted by atomic mass is 10.1. The zero-order valence-electron chi connectivity index (χ0n) is 11.4. The minimum atomic E-state index is -0.552. The summed E-state index contributed by atoms with van der Waals surface area (Å²) in [5.41, 5.74) is 2.46. The highest BCUT2D eigenvalue weighted by molar-refractivity contribution is 5.57. The van der Waals surface area contributed by atoms with Crippen LogP contribution in [-0.2, 0) is 0 Å². The van der Waals surface area contributed by atoms with Gasteiger partial charge in [-0.25, -0.2) is 9.97 Å². The van der Waals surface area contributed by atoms with Crippen molar-refractivity contribution in [2.45, 2.75) is 26.9 Å². The number of aryl methyl sites for hydroxylation is 1. The Kier molecular flexibility index (Phi) is 4.12. The van der Waals surface area contributed by atoms with Crippen molar-refractivity contribution in [3.63, 3.8) is 0 Å². The zero-order valence-corrected chi connectivity index (χ0v) is 11.4. The van der Waals surface area contributed by atoms with Crippen molar-refractivity contribution in [1.29, 1.82) is 0 Å². The van der Waals surface area contributed by atoms with Gasteiger partial charge >= 0.3 is 0 Å². The highest BCUT2D eigenvalue weighted by Gasteiger charge is 2.09. The molecule has 1 heterocycles. The fraction of sp³-hybridized carbons (Fsp3) is 0.333. The second kappa shape index (κ2) is 5.80. The van der Waals surface area contributed by atoms with Gasteiger partial charge in [-0.2, -0.15) is 0 Å². The first-order valence-electron chi connectivity index (χ1n) is 6.36. The largest absolute Gasteiger partial charge is 0.494 e. The summed E-state index contributed by atoms with van der Waals surface area (Å²) >= 11 is 0.